The highest BCUT2D eigenvalue weighted by atomic mass is 19.1. The van der Waals surface area contributed by atoms with E-state index in [-0.39, 0.29) is 11.5 Å². The van der Waals surface area contributed by atoms with Gasteiger partial charge in [0.25, 0.3) is 5.56 Å². The maximum atomic E-state index is 12.9. The zero-order valence-corrected chi connectivity index (χ0v) is 10.9. The largest absolute Gasteiger partial charge is 0.398 e. The molecule has 0 spiro atoms. The predicted molar refractivity (Wildman–Crippen MR) is 77.9 cm³/mol. The van der Waals surface area contributed by atoms with Crippen molar-refractivity contribution in [2.45, 2.75) is 0 Å². The topological polar surface area (TPSA) is 84.7 Å². The fourth-order valence-electron chi connectivity index (χ4n) is 1.97. The van der Waals surface area contributed by atoms with Crippen LogP contribution in [0.2, 0.25) is 0 Å². The van der Waals surface area contributed by atoms with Crippen molar-refractivity contribution in [3.05, 3.63) is 64.7 Å². The fourth-order valence-corrected chi connectivity index (χ4v) is 1.97. The molecular weight excluding hydrogens is 271 g/mol. The third kappa shape index (κ3) is 2.51. The molecule has 104 valence electrons. The van der Waals surface area contributed by atoms with Gasteiger partial charge in [0.1, 0.15) is 5.82 Å². The van der Waals surface area contributed by atoms with Crippen LogP contribution in [0.3, 0.4) is 0 Å². The standard InChI is InChI=1S/C15H11FN4O/c16-10-7-5-9(6-8-10)13-15(21)18-14(20-19-13)11-3-1-2-4-12(11)17/h1-8H,17H2,(H,18,20,21). The van der Waals surface area contributed by atoms with E-state index in [4.69, 9.17) is 5.73 Å². The molecule has 0 saturated heterocycles. The maximum Gasteiger partial charge on any atom is 0.278 e. The van der Waals surface area contributed by atoms with Gasteiger partial charge in [0.05, 0.1) is 0 Å². The third-order valence-corrected chi connectivity index (χ3v) is 3.03. The lowest BCUT2D eigenvalue weighted by Gasteiger charge is -2.04. The highest BCUT2D eigenvalue weighted by Gasteiger charge is 2.10. The van der Waals surface area contributed by atoms with Crippen molar-refractivity contribution in [1.82, 2.24) is 15.2 Å². The maximum absolute atomic E-state index is 12.9. The van der Waals surface area contributed by atoms with Crippen LogP contribution in [0.4, 0.5) is 10.1 Å². The first-order valence-corrected chi connectivity index (χ1v) is 6.23. The Balaban J connectivity index is 2.07. The zero-order chi connectivity index (χ0) is 14.8. The molecule has 3 aromatic rings. The van der Waals surface area contributed by atoms with Crippen molar-refractivity contribution >= 4 is 5.69 Å². The van der Waals surface area contributed by atoms with Gasteiger partial charge in [0.15, 0.2) is 11.5 Å². The summed E-state index contributed by atoms with van der Waals surface area (Å²) >= 11 is 0. The Hall–Kier alpha value is -3.02. The second-order valence-corrected chi connectivity index (χ2v) is 4.45. The van der Waals surface area contributed by atoms with Crippen molar-refractivity contribution in [2.24, 2.45) is 0 Å². The lowest BCUT2D eigenvalue weighted by atomic mass is 10.1. The van der Waals surface area contributed by atoms with Gasteiger partial charge in [0.2, 0.25) is 0 Å². The molecule has 2 aromatic carbocycles. The zero-order valence-electron chi connectivity index (χ0n) is 10.9. The summed E-state index contributed by atoms with van der Waals surface area (Å²) < 4.78 is 12.9. The van der Waals surface area contributed by atoms with Crippen molar-refractivity contribution in [3.63, 3.8) is 0 Å². The number of hydrogen-bond donors (Lipinski definition) is 2. The number of anilines is 1. The molecule has 0 atom stereocenters. The van der Waals surface area contributed by atoms with E-state index < -0.39 is 5.56 Å². The molecule has 0 saturated carbocycles. The molecule has 3 N–H and O–H groups in total. The Labute approximate surface area is 119 Å². The average molecular weight is 282 g/mol. The first-order valence-electron chi connectivity index (χ1n) is 6.23. The van der Waals surface area contributed by atoms with Gasteiger partial charge in [-0.15, -0.1) is 10.2 Å². The molecule has 0 fully saturated rings. The Morgan fingerprint density at radius 2 is 1.71 bits per heavy atom. The summed E-state index contributed by atoms with van der Waals surface area (Å²) in [6.07, 6.45) is 0. The van der Waals surface area contributed by atoms with Crippen LogP contribution < -0.4 is 11.3 Å². The number of nitrogens with one attached hydrogen (secondary N) is 1. The van der Waals surface area contributed by atoms with Crippen molar-refractivity contribution in [2.75, 3.05) is 5.73 Å². The molecular formula is C15H11FN4O. The number of hydrogen-bond acceptors (Lipinski definition) is 4. The van der Waals surface area contributed by atoms with Crippen LogP contribution in [-0.2, 0) is 0 Å². The summed E-state index contributed by atoms with van der Waals surface area (Å²) in [5.41, 5.74) is 7.16. The first kappa shape index (κ1) is 13.0. The minimum absolute atomic E-state index is 0.133. The second-order valence-electron chi connectivity index (χ2n) is 4.45. The Morgan fingerprint density at radius 3 is 2.38 bits per heavy atom. The van der Waals surface area contributed by atoms with Crippen LogP contribution in [0, 0.1) is 5.82 Å². The first-order chi connectivity index (χ1) is 10.1. The van der Waals surface area contributed by atoms with E-state index in [0.717, 1.165) is 0 Å². The van der Waals surface area contributed by atoms with E-state index in [1.165, 1.54) is 24.3 Å². The third-order valence-electron chi connectivity index (χ3n) is 3.03. The van der Waals surface area contributed by atoms with E-state index in [1.807, 2.05) is 0 Å². The highest BCUT2D eigenvalue weighted by molar-refractivity contribution is 5.71. The summed E-state index contributed by atoms with van der Waals surface area (Å²) in [6.45, 7) is 0. The van der Waals surface area contributed by atoms with Crippen LogP contribution in [0.25, 0.3) is 22.6 Å². The number of aromatic amines is 1. The van der Waals surface area contributed by atoms with Crippen LogP contribution >= 0.6 is 0 Å². The normalized spacial score (nSPS) is 10.5. The molecule has 0 radical (unpaired) electrons. The summed E-state index contributed by atoms with van der Waals surface area (Å²) in [6, 6.07) is 12.5. The molecule has 21 heavy (non-hydrogen) atoms. The van der Waals surface area contributed by atoms with Crippen LogP contribution in [0.1, 0.15) is 0 Å². The minimum Gasteiger partial charge on any atom is -0.398 e. The number of nitrogens with two attached hydrogens (primary N) is 1. The number of nitrogen functional groups attached to an aromatic ring is 1. The SMILES string of the molecule is Nc1ccccc1-c1nnc(-c2ccc(F)cc2)c(=O)[nH]1. The smallest absolute Gasteiger partial charge is 0.278 e. The quantitative estimate of drug-likeness (QED) is 0.706. The van der Waals surface area contributed by atoms with Gasteiger partial charge in [-0.1, -0.05) is 12.1 Å². The van der Waals surface area contributed by atoms with Crippen LogP contribution in [-0.4, -0.2) is 15.2 Å². The molecule has 0 unspecified atom stereocenters. The van der Waals surface area contributed by atoms with E-state index in [0.29, 0.717) is 22.6 Å². The van der Waals surface area contributed by atoms with E-state index in [2.05, 4.69) is 15.2 Å². The van der Waals surface area contributed by atoms with Crippen molar-refractivity contribution in [1.29, 1.82) is 0 Å². The molecule has 0 aliphatic heterocycles. The van der Waals surface area contributed by atoms with Gasteiger partial charge >= 0.3 is 0 Å². The second kappa shape index (κ2) is 5.16. The summed E-state index contributed by atoms with van der Waals surface area (Å²) in [5, 5.41) is 7.91. The lowest BCUT2D eigenvalue weighted by Crippen LogP contribution is -2.14. The number of aromatic nitrogens is 3. The molecule has 0 amide bonds. The van der Waals surface area contributed by atoms with Crippen LogP contribution in [0.5, 0.6) is 0 Å². The molecule has 3 rings (SSSR count). The monoisotopic (exact) mass is 282 g/mol. The average Bonchev–Trinajstić information content (AvgIpc) is 2.49. The number of para-hydroxylation sites is 1. The summed E-state index contributed by atoms with van der Waals surface area (Å²) in [7, 11) is 0. The van der Waals surface area contributed by atoms with Gasteiger partial charge < -0.3 is 10.7 Å². The van der Waals surface area contributed by atoms with Gasteiger partial charge in [-0.3, -0.25) is 4.79 Å². The Kier molecular flexibility index (Phi) is 3.19. The van der Waals surface area contributed by atoms with Gasteiger partial charge in [-0.05, 0) is 36.4 Å². The Morgan fingerprint density at radius 1 is 1.00 bits per heavy atom. The van der Waals surface area contributed by atoms with Gasteiger partial charge in [-0.2, -0.15) is 0 Å². The molecule has 0 aliphatic rings. The molecule has 0 aliphatic carbocycles. The number of nitrogens with zero attached hydrogens (tertiary/aromatic N) is 2. The van der Waals surface area contributed by atoms with E-state index in [1.54, 1.807) is 24.3 Å². The van der Waals surface area contributed by atoms with E-state index >= 15 is 0 Å². The van der Waals surface area contributed by atoms with Crippen molar-refractivity contribution in [3.8, 4) is 22.6 Å². The number of benzene rings is 2. The molecule has 1 aromatic heterocycles. The van der Waals surface area contributed by atoms with Crippen LogP contribution in [0.15, 0.2) is 53.3 Å². The predicted octanol–water partition coefficient (Wildman–Crippen LogP) is 2.22. The fraction of sp³-hybridized carbons (Fsp3) is 0. The summed E-state index contributed by atoms with van der Waals surface area (Å²) in [4.78, 5) is 14.8. The number of halogens is 1. The van der Waals surface area contributed by atoms with E-state index in [9.17, 15) is 9.18 Å². The van der Waals surface area contributed by atoms with Gasteiger partial charge in [0, 0.05) is 16.8 Å². The Bertz CT molecular complexity index is 843. The summed E-state index contributed by atoms with van der Waals surface area (Å²) in [5.74, 6) is -0.0826. The molecule has 6 heteroatoms. The lowest BCUT2D eigenvalue weighted by molar-refractivity contribution is 0.628. The van der Waals surface area contributed by atoms with Gasteiger partial charge in [-0.25, -0.2) is 4.39 Å². The molecule has 1 heterocycles. The highest BCUT2D eigenvalue weighted by Crippen LogP contribution is 2.21. The minimum atomic E-state index is -0.408. The van der Waals surface area contributed by atoms with Crippen molar-refractivity contribution < 1.29 is 4.39 Å². The molecule has 0 bridgehead atoms. The molecule has 5 nitrogen and oxygen atoms in total. The number of H-pyrrole nitrogens is 1. The number of rotatable bonds is 2.